The third-order valence-electron chi connectivity index (χ3n) is 7.16. The van der Waals surface area contributed by atoms with E-state index in [9.17, 15) is 19.2 Å². The van der Waals surface area contributed by atoms with Crippen molar-refractivity contribution in [1.82, 2.24) is 10.2 Å². The molecular formula is C25H25N3O5. The third kappa shape index (κ3) is 3.01. The lowest BCUT2D eigenvalue weighted by Crippen LogP contribution is -2.67. The fraction of sp³-hybridized carbons (Fsp3) is 0.360. The average molecular weight is 447 g/mol. The Bertz CT molecular complexity index is 1130. The minimum absolute atomic E-state index is 0.305. The number of fused-ring (bicyclic) bond motifs is 3. The molecule has 3 saturated heterocycles. The van der Waals surface area contributed by atoms with Gasteiger partial charge >= 0.3 is 5.97 Å². The van der Waals surface area contributed by atoms with Gasteiger partial charge in [-0.05, 0) is 24.6 Å². The summed E-state index contributed by atoms with van der Waals surface area (Å²) >= 11 is 0. The lowest BCUT2D eigenvalue weighted by molar-refractivity contribution is -0.154. The molecule has 1 N–H and O–H groups in total. The standard InChI is InChI=1S/C25H25N3O5/c1-15-8-10-17(11-9-15)28-22(30)19-20(23(28)31)25(14-18(29)33-2)24(32)26-12-13-27(25)21(19)16-6-4-3-5-7-16/h3-11,19-21H,12-14H2,1-2H3,(H,26,32)/t19-,20+,21-,25+/m1/s1. The number of carbonyl (C=O) groups is 4. The summed E-state index contributed by atoms with van der Waals surface area (Å²) in [5.74, 6) is -3.63. The molecule has 3 fully saturated rings. The van der Waals surface area contributed by atoms with Crippen molar-refractivity contribution in [1.29, 1.82) is 0 Å². The maximum atomic E-state index is 13.9. The number of anilines is 1. The molecule has 2 aromatic carbocycles. The minimum Gasteiger partial charge on any atom is -0.469 e. The Morgan fingerprint density at radius 1 is 1.06 bits per heavy atom. The van der Waals surface area contributed by atoms with Crippen LogP contribution >= 0.6 is 0 Å². The van der Waals surface area contributed by atoms with Crippen molar-refractivity contribution in [3.63, 3.8) is 0 Å². The number of esters is 1. The summed E-state index contributed by atoms with van der Waals surface area (Å²) in [6.45, 7) is 2.71. The largest absolute Gasteiger partial charge is 0.469 e. The van der Waals surface area contributed by atoms with Gasteiger partial charge in [0.2, 0.25) is 17.7 Å². The van der Waals surface area contributed by atoms with Gasteiger partial charge in [-0.1, -0.05) is 48.0 Å². The van der Waals surface area contributed by atoms with Crippen molar-refractivity contribution >= 4 is 29.4 Å². The van der Waals surface area contributed by atoms with Crippen LogP contribution in [-0.2, 0) is 23.9 Å². The predicted molar refractivity (Wildman–Crippen MR) is 119 cm³/mol. The van der Waals surface area contributed by atoms with E-state index in [-0.39, 0.29) is 12.3 Å². The molecule has 0 aliphatic carbocycles. The highest BCUT2D eigenvalue weighted by Crippen LogP contribution is 2.57. The molecule has 3 amide bonds. The van der Waals surface area contributed by atoms with E-state index in [1.165, 1.54) is 12.0 Å². The summed E-state index contributed by atoms with van der Waals surface area (Å²) in [7, 11) is 1.26. The van der Waals surface area contributed by atoms with Crippen molar-refractivity contribution in [2.75, 3.05) is 25.1 Å². The maximum absolute atomic E-state index is 13.9. The molecule has 0 aromatic heterocycles. The van der Waals surface area contributed by atoms with Crippen molar-refractivity contribution in [3.8, 4) is 0 Å². The SMILES string of the molecule is COC(=O)C[C@]12C(=O)NCCN1[C@H](c1ccccc1)[C@@H]1C(=O)N(c3ccc(C)cc3)C(=O)[C@H]12. The van der Waals surface area contributed by atoms with Crippen molar-refractivity contribution < 1.29 is 23.9 Å². The molecule has 33 heavy (non-hydrogen) atoms. The highest BCUT2D eigenvalue weighted by Gasteiger charge is 2.73. The molecule has 0 radical (unpaired) electrons. The quantitative estimate of drug-likeness (QED) is 0.565. The number of amides is 3. The molecule has 8 nitrogen and oxygen atoms in total. The lowest BCUT2D eigenvalue weighted by Gasteiger charge is -2.45. The van der Waals surface area contributed by atoms with Gasteiger partial charge in [0, 0.05) is 19.1 Å². The fourth-order valence-electron chi connectivity index (χ4n) is 5.76. The molecule has 3 heterocycles. The van der Waals surface area contributed by atoms with Gasteiger partial charge in [-0.15, -0.1) is 0 Å². The normalized spacial score (nSPS) is 29.0. The van der Waals surface area contributed by atoms with Gasteiger partial charge in [-0.3, -0.25) is 24.1 Å². The zero-order valence-corrected chi connectivity index (χ0v) is 18.5. The Balaban J connectivity index is 1.70. The molecule has 4 atom stereocenters. The zero-order valence-electron chi connectivity index (χ0n) is 18.5. The summed E-state index contributed by atoms with van der Waals surface area (Å²) in [6.07, 6.45) is -0.305. The van der Waals surface area contributed by atoms with E-state index in [2.05, 4.69) is 5.32 Å². The minimum atomic E-state index is -1.50. The first-order chi connectivity index (χ1) is 15.9. The number of nitrogens with zero attached hydrogens (tertiary/aromatic N) is 2. The number of nitrogens with one attached hydrogen (secondary N) is 1. The lowest BCUT2D eigenvalue weighted by atomic mass is 9.76. The van der Waals surface area contributed by atoms with Gasteiger partial charge in [0.05, 0.1) is 31.1 Å². The number of ether oxygens (including phenoxy) is 1. The maximum Gasteiger partial charge on any atom is 0.307 e. The first-order valence-corrected chi connectivity index (χ1v) is 11.0. The summed E-state index contributed by atoms with van der Waals surface area (Å²) in [4.78, 5) is 56.8. The van der Waals surface area contributed by atoms with E-state index in [4.69, 9.17) is 4.74 Å². The number of rotatable bonds is 4. The summed E-state index contributed by atoms with van der Waals surface area (Å²) in [6, 6.07) is 16.0. The molecule has 3 aliphatic rings. The van der Waals surface area contributed by atoms with Crippen LogP contribution < -0.4 is 10.2 Å². The number of methoxy groups -OCH3 is 1. The number of piperazine rings is 1. The van der Waals surface area contributed by atoms with E-state index in [1.807, 2.05) is 54.3 Å². The van der Waals surface area contributed by atoms with Gasteiger partial charge in [-0.2, -0.15) is 0 Å². The van der Waals surface area contributed by atoms with Crippen LogP contribution in [0.5, 0.6) is 0 Å². The highest BCUT2D eigenvalue weighted by atomic mass is 16.5. The molecule has 8 heteroatoms. The van der Waals surface area contributed by atoms with Gasteiger partial charge in [0.25, 0.3) is 0 Å². The molecule has 5 rings (SSSR count). The monoisotopic (exact) mass is 447 g/mol. The number of hydrogen-bond donors (Lipinski definition) is 1. The second kappa shape index (κ2) is 7.81. The number of benzene rings is 2. The van der Waals surface area contributed by atoms with Gasteiger partial charge in [0.15, 0.2) is 0 Å². The Morgan fingerprint density at radius 2 is 1.76 bits per heavy atom. The van der Waals surface area contributed by atoms with Crippen molar-refractivity contribution in [3.05, 3.63) is 65.7 Å². The van der Waals surface area contributed by atoms with E-state index in [0.29, 0.717) is 18.8 Å². The molecule has 0 spiro atoms. The Hall–Kier alpha value is -3.52. The molecule has 0 bridgehead atoms. The van der Waals surface area contributed by atoms with E-state index < -0.39 is 41.2 Å². The van der Waals surface area contributed by atoms with E-state index in [1.54, 1.807) is 12.1 Å². The van der Waals surface area contributed by atoms with Crippen LogP contribution in [0, 0.1) is 18.8 Å². The molecule has 3 aliphatic heterocycles. The van der Waals surface area contributed by atoms with E-state index >= 15 is 0 Å². The molecule has 0 unspecified atom stereocenters. The average Bonchev–Trinajstić information content (AvgIpc) is 3.26. The number of hydrogen-bond acceptors (Lipinski definition) is 6. The van der Waals surface area contributed by atoms with Crippen LogP contribution in [0.3, 0.4) is 0 Å². The van der Waals surface area contributed by atoms with Gasteiger partial charge in [0.1, 0.15) is 5.54 Å². The second-order valence-corrected chi connectivity index (χ2v) is 8.83. The molecule has 170 valence electrons. The Labute approximate surface area is 191 Å². The van der Waals surface area contributed by atoms with Gasteiger partial charge in [-0.25, -0.2) is 4.90 Å². The molecular weight excluding hydrogens is 422 g/mol. The zero-order chi connectivity index (χ0) is 23.3. The van der Waals surface area contributed by atoms with Crippen LogP contribution in [0.2, 0.25) is 0 Å². The first-order valence-electron chi connectivity index (χ1n) is 11.0. The Morgan fingerprint density at radius 3 is 2.42 bits per heavy atom. The summed E-state index contributed by atoms with van der Waals surface area (Å²) in [5.41, 5.74) is 0.803. The van der Waals surface area contributed by atoms with Crippen molar-refractivity contribution in [2.24, 2.45) is 11.8 Å². The fourth-order valence-corrected chi connectivity index (χ4v) is 5.76. The summed E-state index contributed by atoms with van der Waals surface area (Å²) < 4.78 is 4.93. The smallest absolute Gasteiger partial charge is 0.307 e. The molecule has 0 saturated carbocycles. The second-order valence-electron chi connectivity index (χ2n) is 8.83. The third-order valence-corrected chi connectivity index (χ3v) is 7.16. The Kier molecular flexibility index (Phi) is 5.05. The summed E-state index contributed by atoms with van der Waals surface area (Å²) in [5, 5.41) is 2.84. The van der Waals surface area contributed by atoms with Crippen LogP contribution in [0.25, 0.3) is 0 Å². The van der Waals surface area contributed by atoms with Gasteiger partial charge < -0.3 is 10.1 Å². The highest BCUT2D eigenvalue weighted by molar-refractivity contribution is 6.24. The number of imide groups is 1. The topological polar surface area (TPSA) is 96.0 Å². The van der Waals surface area contributed by atoms with Crippen LogP contribution in [0.15, 0.2) is 54.6 Å². The first kappa shape index (κ1) is 21.3. The predicted octanol–water partition coefficient (Wildman–Crippen LogP) is 1.59. The van der Waals surface area contributed by atoms with Crippen LogP contribution in [-0.4, -0.2) is 54.3 Å². The number of aryl methyl sites for hydroxylation is 1. The number of carbonyl (C=O) groups excluding carboxylic acids is 4. The van der Waals surface area contributed by atoms with Crippen molar-refractivity contribution in [2.45, 2.75) is 24.9 Å². The van der Waals surface area contributed by atoms with E-state index in [0.717, 1.165) is 11.1 Å². The molecule has 2 aromatic rings. The van der Waals surface area contributed by atoms with Crippen LogP contribution in [0.1, 0.15) is 23.6 Å². The van der Waals surface area contributed by atoms with Crippen LogP contribution in [0.4, 0.5) is 5.69 Å².